The van der Waals surface area contributed by atoms with Gasteiger partial charge in [0, 0.05) is 31.4 Å². The lowest BCUT2D eigenvalue weighted by atomic mass is 10.0. The second kappa shape index (κ2) is 10.9. The summed E-state index contributed by atoms with van der Waals surface area (Å²) in [5, 5.41) is 14.9. The summed E-state index contributed by atoms with van der Waals surface area (Å²) in [4.78, 5) is 26.0. The first-order valence-electron chi connectivity index (χ1n) is 11.3. The standard InChI is InChI=1S/C21H29N5O.C2HF3O2/c1-3-16-6-8-17(9-7-16)22-21(27)26-13-10-18-19(14-25-11-4-5-12-25)23-24(2)20(18)15-26;3-2(4,5)1(6)7/h6-9H,3-5,10-15H2,1-2H3,(H,22,27);(H,6,7). The third kappa shape index (κ3) is 6.49. The summed E-state index contributed by atoms with van der Waals surface area (Å²) in [6.07, 6.45) is -0.609. The second-order valence-corrected chi connectivity index (χ2v) is 8.43. The number of amides is 2. The number of fused-ring (bicyclic) bond motifs is 1. The summed E-state index contributed by atoms with van der Waals surface area (Å²) in [6, 6.07) is 8.05. The minimum Gasteiger partial charge on any atom is -0.475 e. The van der Waals surface area contributed by atoms with Crippen LogP contribution < -0.4 is 5.32 Å². The summed E-state index contributed by atoms with van der Waals surface area (Å²) in [7, 11) is 2.00. The number of carboxylic acid groups (broad SMARTS) is 1. The molecule has 0 unspecified atom stereocenters. The number of aromatic nitrogens is 2. The van der Waals surface area contributed by atoms with Gasteiger partial charge in [-0.2, -0.15) is 18.3 Å². The molecule has 0 bridgehead atoms. The van der Waals surface area contributed by atoms with E-state index in [1.165, 1.54) is 48.4 Å². The lowest BCUT2D eigenvalue weighted by molar-refractivity contribution is -0.192. The molecular formula is C23H30F3N5O3. The third-order valence-corrected chi connectivity index (χ3v) is 6.05. The fourth-order valence-corrected chi connectivity index (χ4v) is 4.14. The molecule has 2 N–H and O–H groups in total. The molecule has 2 aliphatic heterocycles. The Morgan fingerprint density at radius 3 is 2.29 bits per heavy atom. The lowest BCUT2D eigenvalue weighted by Crippen LogP contribution is -2.39. The Morgan fingerprint density at radius 1 is 1.12 bits per heavy atom. The first kappa shape index (κ1) is 25.5. The Labute approximate surface area is 196 Å². The highest BCUT2D eigenvalue weighted by molar-refractivity contribution is 5.89. The molecule has 2 amide bonds. The van der Waals surface area contributed by atoms with Crippen LogP contribution in [0.1, 0.15) is 42.3 Å². The number of halogens is 3. The number of hydrogen-bond acceptors (Lipinski definition) is 4. The second-order valence-electron chi connectivity index (χ2n) is 8.43. The van der Waals surface area contributed by atoms with Crippen molar-refractivity contribution < 1.29 is 27.9 Å². The monoisotopic (exact) mass is 481 g/mol. The van der Waals surface area contributed by atoms with Crippen LogP contribution in [0, 0.1) is 0 Å². The Hall–Kier alpha value is -3.08. The number of nitrogens with zero attached hydrogens (tertiary/aromatic N) is 4. The molecule has 4 rings (SSSR count). The van der Waals surface area contributed by atoms with E-state index in [-0.39, 0.29) is 6.03 Å². The van der Waals surface area contributed by atoms with Gasteiger partial charge in [0.15, 0.2) is 0 Å². The molecule has 3 heterocycles. The minimum atomic E-state index is -5.08. The number of aliphatic carboxylic acids is 1. The van der Waals surface area contributed by atoms with Gasteiger partial charge in [0.05, 0.1) is 17.9 Å². The number of rotatable bonds is 4. The predicted molar refractivity (Wildman–Crippen MR) is 120 cm³/mol. The van der Waals surface area contributed by atoms with E-state index in [1.54, 1.807) is 0 Å². The smallest absolute Gasteiger partial charge is 0.475 e. The van der Waals surface area contributed by atoms with Crippen molar-refractivity contribution in [2.45, 2.75) is 51.9 Å². The molecular weight excluding hydrogens is 451 g/mol. The van der Waals surface area contributed by atoms with E-state index in [0.717, 1.165) is 31.6 Å². The number of benzene rings is 1. The summed E-state index contributed by atoms with van der Waals surface area (Å²) in [6.45, 7) is 6.79. The van der Waals surface area contributed by atoms with E-state index in [0.29, 0.717) is 6.54 Å². The molecule has 0 radical (unpaired) electrons. The highest BCUT2D eigenvalue weighted by Gasteiger charge is 2.38. The van der Waals surface area contributed by atoms with Gasteiger partial charge >= 0.3 is 18.2 Å². The Morgan fingerprint density at radius 2 is 1.74 bits per heavy atom. The van der Waals surface area contributed by atoms with Crippen LogP contribution in [0.3, 0.4) is 0 Å². The van der Waals surface area contributed by atoms with Crippen LogP contribution in [0.2, 0.25) is 0 Å². The zero-order valence-corrected chi connectivity index (χ0v) is 19.4. The van der Waals surface area contributed by atoms with Gasteiger partial charge in [-0.3, -0.25) is 9.58 Å². The molecule has 0 aliphatic carbocycles. The van der Waals surface area contributed by atoms with Crippen molar-refractivity contribution in [3.05, 3.63) is 46.8 Å². The van der Waals surface area contributed by atoms with Crippen LogP contribution in [0.25, 0.3) is 0 Å². The van der Waals surface area contributed by atoms with Crippen molar-refractivity contribution in [3.63, 3.8) is 0 Å². The van der Waals surface area contributed by atoms with E-state index in [9.17, 15) is 18.0 Å². The molecule has 0 atom stereocenters. The summed E-state index contributed by atoms with van der Waals surface area (Å²) in [5.41, 5.74) is 5.84. The number of anilines is 1. The lowest BCUT2D eigenvalue weighted by Gasteiger charge is -2.28. The SMILES string of the molecule is CCc1ccc(NC(=O)N2CCc3c(CN4CCCC4)nn(C)c3C2)cc1.O=C(O)C(F)(F)F. The van der Waals surface area contributed by atoms with Gasteiger partial charge in [-0.15, -0.1) is 0 Å². The molecule has 1 aromatic carbocycles. The molecule has 34 heavy (non-hydrogen) atoms. The quantitative estimate of drug-likeness (QED) is 0.693. The molecule has 1 aromatic heterocycles. The third-order valence-electron chi connectivity index (χ3n) is 6.05. The van der Waals surface area contributed by atoms with Crippen LogP contribution in [0.5, 0.6) is 0 Å². The molecule has 2 aliphatic rings. The van der Waals surface area contributed by atoms with E-state index >= 15 is 0 Å². The van der Waals surface area contributed by atoms with Crippen molar-refractivity contribution in [1.82, 2.24) is 19.6 Å². The fraction of sp³-hybridized carbons (Fsp3) is 0.522. The number of nitrogens with one attached hydrogen (secondary N) is 1. The summed E-state index contributed by atoms with van der Waals surface area (Å²) in [5.74, 6) is -2.76. The van der Waals surface area contributed by atoms with Gasteiger partial charge in [0.1, 0.15) is 0 Å². The van der Waals surface area contributed by atoms with Crippen molar-refractivity contribution in [2.24, 2.45) is 7.05 Å². The van der Waals surface area contributed by atoms with Crippen LogP contribution in [0.15, 0.2) is 24.3 Å². The summed E-state index contributed by atoms with van der Waals surface area (Å²) >= 11 is 0. The number of likely N-dealkylation sites (tertiary alicyclic amines) is 1. The fourth-order valence-electron chi connectivity index (χ4n) is 4.14. The predicted octanol–water partition coefficient (Wildman–Crippen LogP) is 3.80. The van der Waals surface area contributed by atoms with Crippen LogP contribution in [-0.2, 0) is 37.8 Å². The number of carboxylic acids is 1. The maximum absolute atomic E-state index is 12.7. The largest absolute Gasteiger partial charge is 0.490 e. The highest BCUT2D eigenvalue weighted by atomic mass is 19.4. The number of alkyl halides is 3. The molecule has 0 spiro atoms. The molecule has 186 valence electrons. The van der Waals surface area contributed by atoms with E-state index in [2.05, 4.69) is 29.3 Å². The zero-order chi connectivity index (χ0) is 24.9. The number of hydrogen-bond donors (Lipinski definition) is 2. The van der Waals surface area contributed by atoms with Crippen molar-refractivity contribution in [3.8, 4) is 0 Å². The number of carbonyl (C=O) groups is 2. The van der Waals surface area contributed by atoms with Crippen LogP contribution >= 0.6 is 0 Å². The Kier molecular flexibility index (Phi) is 8.19. The van der Waals surface area contributed by atoms with E-state index in [1.807, 2.05) is 28.8 Å². The topological polar surface area (TPSA) is 90.7 Å². The first-order valence-corrected chi connectivity index (χ1v) is 11.3. The van der Waals surface area contributed by atoms with Gasteiger partial charge in [-0.1, -0.05) is 19.1 Å². The Bertz CT molecular complexity index is 999. The average molecular weight is 482 g/mol. The normalized spacial score (nSPS) is 16.0. The van der Waals surface area contributed by atoms with Gasteiger partial charge in [-0.05, 0) is 56.5 Å². The molecule has 11 heteroatoms. The van der Waals surface area contributed by atoms with Gasteiger partial charge in [0.2, 0.25) is 0 Å². The zero-order valence-electron chi connectivity index (χ0n) is 19.4. The maximum Gasteiger partial charge on any atom is 0.490 e. The maximum atomic E-state index is 12.7. The van der Waals surface area contributed by atoms with Crippen molar-refractivity contribution >= 4 is 17.7 Å². The molecule has 2 aromatic rings. The number of aryl methyl sites for hydroxylation is 2. The van der Waals surface area contributed by atoms with Crippen molar-refractivity contribution in [1.29, 1.82) is 0 Å². The molecule has 1 saturated heterocycles. The highest BCUT2D eigenvalue weighted by Crippen LogP contribution is 2.25. The molecule has 0 saturated carbocycles. The number of urea groups is 1. The van der Waals surface area contributed by atoms with Crippen LogP contribution in [-0.4, -0.2) is 62.5 Å². The van der Waals surface area contributed by atoms with Crippen LogP contribution in [0.4, 0.5) is 23.7 Å². The average Bonchev–Trinajstić information content (AvgIpc) is 3.42. The minimum absolute atomic E-state index is 0.0350. The number of carbonyl (C=O) groups excluding carboxylic acids is 1. The van der Waals surface area contributed by atoms with Gasteiger partial charge in [0.25, 0.3) is 0 Å². The van der Waals surface area contributed by atoms with E-state index in [4.69, 9.17) is 15.0 Å². The molecule has 1 fully saturated rings. The Balaban J connectivity index is 0.000000406. The van der Waals surface area contributed by atoms with Gasteiger partial charge in [-0.25, -0.2) is 9.59 Å². The molecule has 8 nitrogen and oxygen atoms in total. The van der Waals surface area contributed by atoms with Crippen molar-refractivity contribution in [2.75, 3.05) is 25.0 Å². The van der Waals surface area contributed by atoms with Gasteiger partial charge < -0.3 is 15.3 Å². The van der Waals surface area contributed by atoms with E-state index < -0.39 is 12.1 Å². The first-order chi connectivity index (χ1) is 16.1. The summed E-state index contributed by atoms with van der Waals surface area (Å²) < 4.78 is 33.7.